The molecule has 130 valence electrons. The summed E-state index contributed by atoms with van der Waals surface area (Å²) < 4.78 is 0. The van der Waals surface area contributed by atoms with Gasteiger partial charge in [0.05, 0.1) is 6.10 Å². The van der Waals surface area contributed by atoms with E-state index in [9.17, 15) is 15.3 Å². The Labute approximate surface area is 147 Å². The molecule has 2 atom stereocenters. The normalized spacial score (nSPS) is 13.7. The van der Waals surface area contributed by atoms with Crippen molar-refractivity contribution in [2.75, 3.05) is 6.54 Å². The second kappa shape index (κ2) is 7.55. The quantitative estimate of drug-likeness (QED) is 0.555. The van der Waals surface area contributed by atoms with Crippen LogP contribution < -0.4 is 5.32 Å². The van der Waals surface area contributed by atoms with E-state index in [0.29, 0.717) is 12.3 Å². The smallest absolute Gasteiger partial charge is 0.123 e. The van der Waals surface area contributed by atoms with Gasteiger partial charge in [0.1, 0.15) is 11.5 Å². The minimum Gasteiger partial charge on any atom is -0.508 e. The van der Waals surface area contributed by atoms with Crippen molar-refractivity contribution in [3.63, 3.8) is 0 Å². The molecule has 0 spiro atoms. The fourth-order valence-electron chi connectivity index (χ4n) is 3.05. The van der Waals surface area contributed by atoms with Gasteiger partial charge < -0.3 is 20.6 Å². The van der Waals surface area contributed by atoms with E-state index in [1.807, 2.05) is 30.3 Å². The van der Waals surface area contributed by atoms with Crippen molar-refractivity contribution in [1.82, 2.24) is 5.32 Å². The lowest BCUT2D eigenvalue weighted by atomic mass is 9.98. The molecule has 3 aromatic rings. The molecule has 2 unspecified atom stereocenters. The lowest BCUT2D eigenvalue weighted by molar-refractivity contribution is 0.170. The number of nitrogens with one attached hydrogen (secondary N) is 1. The molecule has 0 saturated heterocycles. The number of hydrogen-bond acceptors (Lipinski definition) is 4. The summed E-state index contributed by atoms with van der Waals surface area (Å²) in [7, 11) is 0. The van der Waals surface area contributed by atoms with Crippen LogP contribution in [0.3, 0.4) is 0 Å². The van der Waals surface area contributed by atoms with Crippen molar-refractivity contribution < 1.29 is 15.3 Å². The van der Waals surface area contributed by atoms with E-state index in [2.05, 4.69) is 12.2 Å². The number of phenols is 2. The minimum atomic E-state index is -0.625. The number of aromatic hydroxyl groups is 2. The molecule has 3 aromatic carbocycles. The maximum Gasteiger partial charge on any atom is 0.123 e. The molecular weight excluding hydrogens is 314 g/mol. The molecule has 0 radical (unpaired) electrons. The fourth-order valence-corrected chi connectivity index (χ4v) is 3.05. The van der Waals surface area contributed by atoms with E-state index in [-0.39, 0.29) is 11.8 Å². The van der Waals surface area contributed by atoms with Crippen molar-refractivity contribution in [2.45, 2.75) is 25.5 Å². The van der Waals surface area contributed by atoms with Crippen molar-refractivity contribution in [2.24, 2.45) is 0 Å². The van der Waals surface area contributed by atoms with Crippen LogP contribution in [0.5, 0.6) is 11.5 Å². The molecule has 4 N–H and O–H groups in total. The molecule has 0 amide bonds. The van der Waals surface area contributed by atoms with Gasteiger partial charge in [0, 0.05) is 18.0 Å². The zero-order chi connectivity index (χ0) is 17.8. The van der Waals surface area contributed by atoms with Gasteiger partial charge in [-0.25, -0.2) is 0 Å². The summed E-state index contributed by atoms with van der Waals surface area (Å²) in [4.78, 5) is 0. The van der Waals surface area contributed by atoms with E-state index >= 15 is 0 Å². The molecule has 3 rings (SSSR count). The van der Waals surface area contributed by atoms with Crippen LogP contribution >= 0.6 is 0 Å². The molecule has 0 aromatic heterocycles. The van der Waals surface area contributed by atoms with E-state index in [1.54, 1.807) is 30.3 Å². The number of benzene rings is 3. The molecule has 0 bridgehead atoms. The summed E-state index contributed by atoms with van der Waals surface area (Å²) in [6.45, 7) is 2.51. The summed E-state index contributed by atoms with van der Waals surface area (Å²) in [6, 6.07) is 18.3. The molecule has 0 aliphatic heterocycles. The van der Waals surface area contributed by atoms with E-state index in [1.165, 1.54) is 0 Å². The van der Waals surface area contributed by atoms with Gasteiger partial charge in [0.15, 0.2) is 0 Å². The SMILES string of the molecule is CC(Cc1ccc(O)c2ccccc12)NCC(O)c1ccc(O)cc1. The van der Waals surface area contributed by atoms with E-state index < -0.39 is 6.10 Å². The second-order valence-corrected chi connectivity index (χ2v) is 6.41. The Morgan fingerprint density at radius 2 is 1.56 bits per heavy atom. The van der Waals surface area contributed by atoms with E-state index in [4.69, 9.17) is 0 Å². The molecule has 25 heavy (non-hydrogen) atoms. The maximum absolute atomic E-state index is 10.3. The Morgan fingerprint density at radius 1 is 0.880 bits per heavy atom. The fraction of sp³-hybridized carbons (Fsp3) is 0.238. The van der Waals surface area contributed by atoms with Gasteiger partial charge in [0.2, 0.25) is 0 Å². The van der Waals surface area contributed by atoms with Crippen molar-refractivity contribution >= 4 is 10.8 Å². The van der Waals surface area contributed by atoms with Crippen LogP contribution in [0.15, 0.2) is 60.7 Å². The average molecular weight is 337 g/mol. The highest BCUT2D eigenvalue weighted by Crippen LogP contribution is 2.28. The van der Waals surface area contributed by atoms with E-state index in [0.717, 1.165) is 28.3 Å². The van der Waals surface area contributed by atoms with Crippen LogP contribution in [0.4, 0.5) is 0 Å². The van der Waals surface area contributed by atoms with Crippen LogP contribution in [0.1, 0.15) is 24.2 Å². The van der Waals surface area contributed by atoms with Gasteiger partial charge in [-0.3, -0.25) is 0 Å². The summed E-state index contributed by atoms with van der Waals surface area (Å²) in [5.41, 5.74) is 1.93. The number of hydrogen-bond donors (Lipinski definition) is 4. The van der Waals surface area contributed by atoms with Gasteiger partial charge in [-0.05, 0) is 48.1 Å². The molecule has 4 nitrogen and oxygen atoms in total. The number of aliphatic hydroxyl groups is 1. The van der Waals surface area contributed by atoms with Gasteiger partial charge in [0.25, 0.3) is 0 Å². The van der Waals surface area contributed by atoms with Crippen molar-refractivity contribution in [1.29, 1.82) is 0 Å². The maximum atomic E-state index is 10.3. The Kier molecular flexibility index (Phi) is 5.22. The predicted octanol–water partition coefficient (Wildman–Crippen LogP) is 3.51. The zero-order valence-corrected chi connectivity index (χ0v) is 14.2. The van der Waals surface area contributed by atoms with Crippen molar-refractivity contribution in [3.05, 3.63) is 71.8 Å². The highest BCUT2D eigenvalue weighted by atomic mass is 16.3. The largest absolute Gasteiger partial charge is 0.508 e. The van der Waals surface area contributed by atoms with Gasteiger partial charge in [-0.15, -0.1) is 0 Å². The minimum absolute atomic E-state index is 0.166. The standard InChI is InChI=1S/C21H23NO3/c1-14(22-13-21(25)15-6-9-17(23)10-7-15)12-16-8-11-20(24)19-5-3-2-4-18(16)19/h2-11,14,21-25H,12-13H2,1H3. The van der Waals surface area contributed by atoms with Crippen molar-refractivity contribution in [3.8, 4) is 11.5 Å². The average Bonchev–Trinajstić information content (AvgIpc) is 2.63. The zero-order valence-electron chi connectivity index (χ0n) is 14.2. The van der Waals surface area contributed by atoms with Crippen LogP contribution in [-0.4, -0.2) is 27.9 Å². The lowest BCUT2D eigenvalue weighted by Crippen LogP contribution is -2.32. The Morgan fingerprint density at radius 3 is 2.28 bits per heavy atom. The van der Waals surface area contributed by atoms with Gasteiger partial charge >= 0.3 is 0 Å². The Balaban J connectivity index is 1.64. The third-order valence-electron chi connectivity index (χ3n) is 4.45. The Hall–Kier alpha value is -2.56. The third kappa shape index (κ3) is 4.10. The molecule has 0 aliphatic carbocycles. The highest BCUT2D eigenvalue weighted by Gasteiger charge is 2.12. The van der Waals surface area contributed by atoms with Crippen LogP contribution in [0.2, 0.25) is 0 Å². The number of phenolic OH excluding ortho intramolecular Hbond substituents is 2. The van der Waals surface area contributed by atoms with Crippen LogP contribution in [0, 0.1) is 0 Å². The third-order valence-corrected chi connectivity index (χ3v) is 4.45. The summed E-state index contributed by atoms with van der Waals surface area (Å²) >= 11 is 0. The monoisotopic (exact) mass is 337 g/mol. The highest BCUT2D eigenvalue weighted by molar-refractivity contribution is 5.90. The lowest BCUT2D eigenvalue weighted by Gasteiger charge is -2.18. The molecule has 0 aliphatic rings. The van der Waals surface area contributed by atoms with Gasteiger partial charge in [-0.1, -0.05) is 42.5 Å². The van der Waals surface area contributed by atoms with Gasteiger partial charge in [-0.2, -0.15) is 0 Å². The summed E-state index contributed by atoms with van der Waals surface area (Å²) in [5, 5.41) is 34.8. The number of aliphatic hydroxyl groups excluding tert-OH is 1. The number of fused-ring (bicyclic) bond motifs is 1. The topological polar surface area (TPSA) is 72.7 Å². The molecule has 0 heterocycles. The first kappa shape index (κ1) is 17.3. The first-order valence-electron chi connectivity index (χ1n) is 8.44. The summed E-state index contributed by atoms with van der Waals surface area (Å²) in [6.07, 6.45) is 0.169. The first-order valence-corrected chi connectivity index (χ1v) is 8.44. The predicted molar refractivity (Wildman–Crippen MR) is 99.8 cm³/mol. The Bertz CT molecular complexity index is 845. The molecule has 0 saturated carbocycles. The number of rotatable bonds is 6. The molecule has 0 fully saturated rings. The first-order chi connectivity index (χ1) is 12.0. The molecular formula is C21H23NO3. The van der Waals surface area contributed by atoms with Crippen LogP contribution in [-0.2, 0) is 6.42 Å². The van der Waals surface area contributed by atoms with Crippen LogP contribution in [0.25, 0.3) is 10.8 Å². The summed E-state index contributed by atoms with van der Waals surface area (Å²) in [5.74, 6) is 0.485. The molecule has 4 heteroatoms. The second-order valence-electron chi connectivity index (χ2n) is 6.41.